The van der Waals surface area contributed by atoms with Crippen molar-refractivity contribution in [2.75, 3.05) is 12.3 Å². The van der Waals surface area contributed by atoms with Crippen LogP contribution in [-0.4, -0.2) is 43.1 Å². The highest BCUT2D eigenvalue weighted by Crippen LogP contribution is 2.36. The molecule has 0 radical (unpaired) electrons. The summed E-state index contributed by atoms with van der Waals surface area (Å²) >= 11 is 0. The third-order valence-corrected chi connectivity index (χ3v) is 7.05. The summed E-state index contributed by atoms with van der Waals surface area (Å²) in [6.07, 6.45) is 6.23. The third-order valence-electron chi connectivity index (χ3n) is 5.70. The van der Waals surface area contributed by atoms with Crippen molar-refractivity contribution in [1.29, 1.82) is 0 Å². The van der Waals surface area contributed by atoms with Crippen molar-refractivity contribution in [3.8, 4) is 0 Å². The predicted octanol–water partition coefficient (Wildman–Crippen LogP) is 2.87. The molecule has 27 heavy (non-hydrogen) atoms. The van der Waals surface area contributed by atoms with Crippen LogP contribution in [0.15, 0.2) is 30.3 Å². The van der Waals surface area contributed by atoms with Crippen molar-refractivity contribution >= 4 is 10.0 Å². The molecule has 2 rings (SSSR count). The number of nitrogens with one attached hydrogen (secondary N) is 1. The minimum atomic E-state index is -3.41. The van der Waals surface area contributed by atoms with E-state index < -0.39 is 22.2 Å². The van der Waals surface area contributed by atoms with Gasteiger partial charge in [-0.05, 0) is 30.7 Å². The number of aliphatic hydroxyl groups is 2. The van der Waals surface area contributed by atoms with Gasteiger partial charge in [-0.1, -0.05) is 69.4 Å². The molecule has 0 spiro atoms. The zero-order valence-corrected chi connectivity index (χ0v) is 17.2. The molecule has 0 unspecified atom stereocenters. The van der Waals surface area contributed by atoms with Gasteiger partial charge in [-0.3, -0.25) is 0 Å². The molecule has 0 aliphatic heterocycles. The zero-order chi connectivity index (χ0) is 19.7. The quantitative estimate of drug-likeness (QED) is 0.473. The van der Waals surface area contributed by atoms with E-state index in [-0.39, 0.29) is 24.1 Å². The number of aliphatic hydroxyl groups excluding tert-OH is 2. The van der Waals surface area contributed by atoms with Gasteiger partial charge in [0.2, 0.25) is 10.0 Å². The fraction of sp³-hybridized carbons (Fsp3) is 0.714. The summed E-state index contributed by atoms with van der Waals surface area (Å²) in [5.41, 5.74) is 0.990. The molecule has 1 aliphatic rings. The summed E-state index contributed by atoms with van der Waals surface area (Å²) in [6, 6.07) is 9.54. The Kier molecular flexibility index (Phi) is 9.22. The van der Waals surface area contributed by atoms with Crippen molar-refractivity contribution in [2.45, 2.75) is 70.5 Å². The maximum absolute atomic E-state index is 12.3. The van der Waals surface area contributed by atoms with Gasteiger partial charge >= 0.3 is 0 Å². The lowest BCUT2D eigenvalue weighted by atomic mass is 9.88. The van der Waals surface area contributed by atoms with Gasteiger partial charge in [-0.15, -0.1) is 0 Å². The molecule has 1 saturated carbocycles. The molecule has 1 aromatic carbocycles. The summed E-state index contributed by atoms with van der Waals surface area (Å²) in [5.74, 6) is -0.208. The van der Waals surface area contributed by atoms with Crippen molar-refractivity contribution in [3.63, 3.8) is 0 Å². The summed E-state index contributed by atoms with van der Waals surface area (Å²) in [6.45, 7) is 2.38. The van der Waals surface area contributed by atoms with Gasteiger partial charge in [0.25, 0.3) is 0 Å². The lowest BCUT2D eigenvalue weighted by Crippen LogP contribution is -2.37. The Balaban J connectivity index is 1.81. The fourth-order valence-corrected chi connectivity index (χ4v) is 5.13. The van der Waals surface area contributed by atoms with Gasteiger partial charge in [-0.25, -0.2) is 13.1 Å². The first-order valence-electron chi connectivity index (χ1n) is 10.3. The van der Waals surface area contributed by atoms with E-state index in [1.807, 2.05) is 30.3 Å². The number of sulfonamides is 1. The van der Waals surface area contributed by atoms with E-state index in [4.69, 9.17) is 0 Å². The second-order valence-electron chi connectivity index (χ2n) is 7.80. The Labute approximate surface area is 164 Å². The molecule has 4 atom stereocenters. The van der Waals surface area contributed by atoms with Gasteiger partial charge in [0.1, 0.15) is 0 Å². The standard InChI is InChI=1S/C21H35NO4S/c1-2-3-4-5-9-12-18-19(21(24)15-20(18)23)16-22-27(25,26)14-13-17-10-7-6-8-11-17/h6-8,10-11,18-24H,2-5,9,12-16H2,1H3/t18-,19-,20+,21-/m1/s1. The number of unbranched alkanes of at least 4 members (excludes halogenated alkanes) is 4. The molecule has 0 saturated heterocycles. The molecule has 6 heteroatoms. The maximum atomic E-state index is 12.3. The topological polar surface area (TPSA) is 86.6 Å². The van der Waals surface area contributed by atoms with Gasteiger partial charge < -0.3 is 10.2 Å². The van der Waals surface area contributed by atoms with E-state index >= 15 is 0 Å². The van der Waals surface area contributed by atoms with Gasteiger partial charge in [0, 0.05) is 12.5 Å². The number of hydrogen-bond acceptors (Lipinski definition) is 4. The second kappa shape index (κ2) is 11.1. The van der Waals surface area contributed by atoms with Gasteiger partial charge in [0.15, 0.2) is 0 Å². The second-order valence-corrected chi connectivity index (χ2v) is 9.73. The largest absolute Gasteiger partial charge is 0.393 e. The van der Waals surface area contributed by atoms with Crippen LogP contribution in [0.4, 0.5) is 0 Å². The van der Waals surface area contributed by atoms with Crippen LogP contribution in [0.1, 0.15) is 57.4 Å². The third kappa shape index (κ3) is 7.53. The predicted molar refractivity (Wildman–Crippen MR) is 109 cm³/mol. The van der Waals surface area contributed by atoms with Crippen LogP contribution in [0.3, 0.4) is 0 Å². The molecular weight excluding hydrogens is 362 g/mol. The number of rotatable bonds is 12. The van der Waals surface area contributed by atoms with E-state index in [1.54, 1.807) is 0 Å². The molecule has 0 amide bonds. The normalized spacial score (nSPS) is 25.7. The minimum absolute atomic E-state index is 0.0292. The highest BCUT2D eigenvalue weighted by atomic mass is 32.2. The molecular formula is C21H35NO4S. The molecule has 1 aromatic rings. The van der Waals surface area contributed by atoms with Crippen molar-refractivity contribution in [3.05, 3.63) is 35.9 Å². The van der Waals surface area contributed by atoms with E-state index in [1.165, 1.54) is 19.3 Å². The smallest absolute Gasteiger partial charge is 0.211 e. The highest BCUT2D eigenvalue weighted by Gasteiger charge is 2.41. The van der Waals surface area contributed by atoms with Crippen LogP contribution in [-0.2, 0) is 16.4 Å². The Morgan fingerprint density at radius 3 is 2.37 bits per heavy atom. The molecule has 1 fully saturated rings. The van der Waals surface area contributed by atoms with Gasteiger partial charge in [-0.2, -0.15) is 0 Å². The van der Waals surface area contributed by atoms with Crippen molar-refractivity contribution < 1.29 is 18.6 Å². The first-order chi connectivity index (χ1) is 12.9. The Bertz CT molecular complexity index is 635. The first kappa shape index (κ1) is 22.3. The lowest BCUT2D eigenvalue weighted by molar-refractivity contribution is 0.109. The van der Waals surface area contributed by atoms with Crippen molar-refractivity contribution in [1.82, 2.24) is 4.72 Å². The van der Waals surface area contributed by atoms with Crippen LogP contribution < -0.4 is 4.72 Å². The Morgan fingerprint density at radius 2 is 1.67 bits per heavy atom. The fourth-order valence-electron chi connectivity index (χ4n) is 4.04. The molecule has 0 aromatic heterocycles. The molecule has 5 nitrogen and oxygen atoms in total. The summed E-state index contributed by atoms with van der Waals surface area (Å²) in [7, 11) is -3.41. The minimum Gasteiger partial charge on any atom is -0.393 e. The molecule has 0 bridgehead atoms. The van der Waals surface area contributed by atoms with Crippen LogP contribution >= 0.6 is 0 Å². The van der Waals surface area contributed by atoms with Crippen LogP contribution in [0.2, 0.25) is 0 Å². The number of hydrogen-bond donors (Lipinski definition) is 3. The van der Waals surface area contributed by atoms with Crippen molar-refractivity contribution in [2.24, 2.45) is 11.8 Å². The molecule has 3 N–H and O–H groups in total. The summed E-state index contributed by atoms with van der Waals surface area (Å²) in [4.78, 5) is 0. The van der Waals surface area contributed by atoms with E-state index in [0.29, 0.717) is 12.8 Å². The monoisotopic (exact) mass is 397 g/mol. The zero-order valence-electron chi connectivity index (χ0n) is 16.4. The Hall–Kier alpha value is -0.950. The van der Waals surface area contributed by atoms with Crippen LogP contribution in [0.5, 0.6) is 0 Å². The van der Waals surface area contributed by atoms with Crippen LogP contribution in [0.25, 0.3) is 0 Å². The number of benzene rings is 1. The van der Waals surface area contributed by atoms with Gasteiger partial charge in [0.05, 0.1) is 18.0 Å². The number of aryl methyl sites for hydroxylation is 1. The Morgan fingerprint density at radius 1 is 1.00 bits per heavy atom. The van der Waals surface area contributed by atoms with E-state index in [2.05, 4.69) is 11.6 Å². The lowest BCUT2D eigenvalue weighted by Gasteiger charge is -2.24. The SMILES string of the molecule is CCCCCCC[C@@H]1[C@@H](CNS(=O)(=O)CCc2ccccc2)[C@H](O)C[C@@H]1O. The molecule has 1 aliphatic carbocycles. The average molecular weight is 398 g/mol. The van der Waals surface area contributed by atoms with E-state index in [0.717, 1.165) is 24.8 Å². The summed E-state index contributed by atoms with van der Waals surface area (Å²) in [5, 5.41) is 20.6. The molecule has 0 heterocycles. The maximum Gasteiger partial charge on any atom is 0.211 e. The molecule has 154 valence electrons. The first-order valence-corrected chi connectivity index (χ1v) is 12.0. The van der Waals surface area contributed by atoms with Crippen LogP contribution in [0, 0.1) is 11.8 Å². The highest BCUT2D eigenvalue weighted by molar-refractivity contribution is 7.89. The van der Waals surface area contributed by atoms with E-state index in [9.17, 15) is 18.6 Å². The average Bonchev–Trinajstić information content (AvgIpc) is 2.92. The summed E-state index contributed by atoms with van der Waals surface area (Å²) < 4.78 is 27.3.